The summed E-state index contributed by atoms with van der Waals surface area (Å²) >= 11 is 0. The number of rotatable bonds is 1. The highest BCUT2D eigenvalue weighted by Gasteiger charge is 2.30. The van der Waals surface area contributed by atoms with Crippen LogP contribution in [0, 0.1) is 0 Å². The Balaban J connectivity index is 2.11. The van der Waals surface area contributed by atoms with E-state index in [2.05, 4.69) is 15.0 Å². The number of aromatic nitrogens is 3. The molecule has 0 saturated heterocycles. The van der Waals surface area contributed by atoms with Gasteiger partial charge in [-0.05, 0) is 24.3 Å². The van der Waals surface area contributed by atoms with Gasteiger partial charge in [-0.2, -0.15) is 13.2 Å². The molecule has 0 radical (unpaired) electrons. The van der Waals surface area contributed by atoms with Gasteiger partial charge in [0.15, 0.2) is 0 Å². The monoisotopic (exact) mass is 275 g/mol. The molecule has 0 amide bonds. The molecule has 0 aliphatic heterocycles. The van der Waals surface area contributed by atoms with Crippen molar-refractivity contribution >= 4 is 11.0 Å². The number of benzene rings is 1. The lowest BCUT2D eigenvalue weighted by Crippen LogP contribution is -2.04. The van der Waals surface area contributed by atoms with E-state index in [4.69, 9.17) is 0 Å². The molecule has 100 valence electrons. The lowest BCUT2D eigenvalue weighted by molar-refractivity contribution is -0.137. The van der Waals surface area contributed by atoms with Crippen molar-refractivity contribution in [3.8, 4) is 11.3 Å². The van der Waals surface area contributed by atoms with Crippen molar-refractivity contribution < 1.29 is 13.2 Å². The first kappa shape index (κ1) is 12.5. The van der Waals surface area contributed by atoms with Gasteiger partial charge in [-0.3, -0.25) is 0 Å². The van der Waals surface area contributed by atoms with Gasteiger partial charge in [-0.1, -0.05) is 12.1 Å². The second-order valence-electron chi connectivity index (χ2n) is 4.20. The van der Waals surface area contributed by atoms with E-state index in [1.807, 2.05) is 0 Å². The molecule has 3 rings (SSSR count). The number of pyridine rings is 1. The average molecular weight is 275 g/mol. The zero-order valence-electron chi connectivity index (χ0n) is 10.1. The van der Waals surface area contributed by atoms with Crippen molar-refractivity contribution in [2.45, 2.75) is 6.18 Å². The molecule has 20 heavy (non-hydrogen) atoms. The Hall–Kier alpha value is -2.50. The minimum atomic E-state index is -4.37. The molecule has 1 aromatic carbocycles. The van der Waals surface area contributed by atoms with Crippen LogP contribution in [-0.2, 0) is 6.18 Å². The summed E-state index contributed by atoms with van der Waals surface area (Å²) in [5.41, 5.74) is 1.36. The van der Waals surface area contributed by atoms with Gasteiger partial charge >= 0.3 is 6.18 Å². The van der Waals surface area contributed by atoms with E-state index in [0.29, 0.717) is 22.3 Å². The minimum absolute atomic E-state index is 0.408. The molecule has 0 atom stereocenters. The summed E-state index contributed by atoms with van der Waals surface area (Å²) in [4.78, 5) is 12.1. The molecule has 6 heteroatoms. The summed E-state index contributed by atoms with van der Waals surface area (Å²) in [5, 5.41) is 0. The van der Waals surface area contributed by atoms with Crippen LogP contribution in [-0.4, -0.2) is 15.0 Å². The van der Waals surface area contributed by atoms with E-state index >= 15 is 0 Å². The summed E-state index contributed by atoms with van der Waals surface area (Å²) in [6.45, 7) is 0. The van der Waals surface area contributed by atoms with Gasteiger partial charge < -0.3 is 0 Å². The first-order valence-corrected chi connectivity index (χ1v) is 5.78. The number of fused-ring (bicyclic) bond motifs is 1. The Bertz CT molecular complexity index is 769. The van der Waals surface area contributed by atoms with E-state index < -0.39 is 11.7 Å². The maximum atomic E-state index is 12.7. The molecule has 0 aliphatic carbocycles. The molecule has 0 spiro atoms. The molecule has 0 N–H and O–H groups in total. The maximum Gasteiger partial charge on any atom is 0.416 e. The average Bonchev–Trinajstić information content (AvgIpc) is 2.46. The third-order valence-electron chi connectivity index (χ3n) is 2.85. The van der Waals surface area contributed by atoms with Crippen LogP contribution >= 0.6 is 0 Å². The van der Waals surface area contributed by atoms with Crippen LogP contribution in [0.4, 0.5) is 13.2 Å². The van der Waals surface area contributed by atoms with Crippen LogP contribution in [0.1, 0.15) is 5.56 Å². The molecule has 0 fully saturated rings. The molecule has 2 aromatic heterocycles. The van der Waals surface area contributed by atoms with Gasteiger partial charge in [0.25, 0.3) is 0 Å². The predicted molar refractivity (Wildman–Crippen MR) is 67.8 cm³/mol. The highest BCUT2D eigenvalue weighted by molar-refractivity contribution is 5.77. The summed E-state index contributed by atoms with van der Waals surface area (Å²) in [7, 11) is 0. The maximum absolute atomic E-state index is 12.7. The molecule has 0 unspecified atom stereocenters. The van der Waals surface area contributed by atoms with Crippen LogP contribution in [0.25, 0.3) is 22.3 Å². The SMILES string of the molecule is FC(F)(F)c1cccc(-c2ccc3ncncc3n2)c1. The third-order valence-corrected chi connectivity index (χ3v) is 2.85. The quantitative estimate of drug-likeness (QED) is 0.679. The Morgan fingerprint density at radius 3 is 2.60 bits per heavy atom. The fourth-order valence-electron chi connectivity index (χ4n) is 1.89. The first-order valence-electron chi connectivity index (χ1n) is 5.78. The second-order valence-corrected chi connectivity index (χ2v) is 4.20. The largest absolute Gasteiger partial charge is 0.416 e. The lowest BCUT2D eigenvalue weighted by Gasteiger charge is -2.08. The Kier molecular flexibility index (Phi) is 2.85. The first-order chi connectivity index (χ1) is 9.54. The van der Waals surface area contributed by atoms with Gasteiger partial charge in [0.1, 0.15) is 11.8 Å². The Labute approximate surface area is 112 Å². The zero-order chi connectivity index (χ0) is 14.2. The van der Waals surface area contributed by atoms with Crippen molar-refractivity contribution in [2.75, 3.05) is 0 Å². The van der Waals surface area contributed by atoms with Gasteiger partial charge in [0, 0.05) is 5.56 Å². The minimum Gasteiger partial charge on any atom is -0.245 e. The van der Waals surface area contributed by atoms with Crippen LogP contribution in [0.5, 0.6) is 0 Å². The number of hydrogen-bond donors (Lipinski definition) is 0. The second kappa shape index (κ2) is 4.56. The third kappa shape index (κ3) is 2.32. The number of alkyl halides is 3. The number of nitrogens with zero attached hydrogens (tertiary/aromatic N) is 3. The summed E-state index contributed by atoms with van der Waals surface area (Å²) in [6.07, 6.45) is -1.44. The van der Waals surface area contributed by atoms with Crippen molar-refractivity contribution in [3.05, 3.63) is 54.5 Å². The van der Waals surface area contributed by atoms with Crippen LogP contribution in [0.15, 0.2) is 48.9 Å². The predicted octanol–water partition coefficient (Wildman–Crippen LogP) is 3.71. The van der Waals surface area contributed by atoms with Crippen LogP contribution in [0.3, 0.4) is 0 Å². The van der Waals surface area contributed by atoms with E-state index in [9.17, 15) is 13.2 Å². The van der Waals surface area contributed by atoms with Crippen molar-refractivity contribution in [1.29, 1.82) is 0 Å². The van der Waals surface area contributed by atoms with Gasteiger partial charge in [-0.25, -0.2) is 15.0 Å². The van der Waals surface area contributed by atoms with E-state index in [-0.39, 0.29) is 0 Å². The molecule has 0 bridgehead atoms. The molecule has 0 saturated carbocycles. The molecule has 0 aliphatic rings. The fourth-order valence-corrected chi connectivity index (χ4v) is 1.89. The molecule has 2 heterocycles. The van der Waals surface area contributed by atoms with Crippen LogP contribution in [0.2, 0.25) is 0 Å². The number of hydrogen-bond acceptors (Lipinski definition) is 3. The standard InChI is InChI=1S/C14H8F3N3/c15-14(16,17)10-3-1-2-9(6-10)11-4-5-12-13(20-11)7-18-8-19-12/h1-8H. The molecule has 3 aromatic rings. The fraction of sp³-hybridized carbons (Fsp3) is 0.0714. The Morgan fingerprint density at radius 1 is 0.950 bits per heavy atom. The number of halogens is 3. The van der Waals surface area contributed by atoms with Gasteiger partial charge in [0.05, 0.1) is 23.0 Å². The lowest BCUT2D eigenvalue weighted by atomic mass is 10.1. The molecular formula is C14H8F3N3. The highest BCUT2D eigenvalue weighted by atomic mass is 19.4. The van der Waals surface area contributed by atoms with Crippen LogP contribution < -0.4 is 0 Å². The van der Waals surface area contributed by atoms with E-state index in [1.54, 1.807) is 18.2 Å². The Morgan fingerprint density at radius 2 is 1.80 bits per heavy atom. The topological polar surface area (TPSA) is 38.7 Å². The van der Waals surface area contributed by atoms with E-state index in [0.717, 1.165) is 12.1 Å². The normalized spacial score (nSPS) is 11.8. The van der Waals surface area contributed by atoms with Gasteiger partial charge in [-0.15, -0.1) is 0 Å². The van der Waals surface area contributed by atoms with E-state index in [1.165, 1.54) is 18.6 Å². The summed E-state index contributed by atoms with van der Waals surface area (Å²) in [5.74, 6) is 0. The summed E-state index contributed by atoms with van der Waals surface area (Å²) in [6, 6.07) is 8.43. The van der Waals surface area contributed by atoms with Crippen molar-refractivity contribution in [3.63, 3.8) is 0 Å². The van der Waals surface area contributed by atoms with Gasteiger partial charge in [0.2, 0.25) is 0 Å². The molecule has 3 nitrogen and oxygen atoms in total. The summed E-state index contributed by atoms with van der Waals surface area (Å²) < 4.78 is 38.1. The van der Waals surface area contributed by atoms with Crippen molar-refractivity contribution in [1.82, 2.24) is 15.0 Å². The zero-order valence-corrected chi connectivity index (χ0v) is 10.1. The molecular weight excluding hydrogens is 267 g/mol. The smallest absolute Gasteiger partial charge is 0.245 e. The highest BCUT2D eigenvalue weighted by Crippen LogP contribution is 2.31. The van der Waals surface area contributed by atoms with Crippen molar-refractivity contribution in [2.24, 2.45) is 0 Å².